The molecule has 0 aromatic rings. The molecule has 0 fully saturated rings. The molecule has 102 valence electrons. The normalized spacial score (nSPS) is 38.4. The topological polar surface area (TPSA) is 0 Å². The van der Waals surface area contributed by atoms with E-state index >= 15 is 0 Å². The summed E-state index contributed by atoms with van der Waals surface area (Å²) in [6, 6.07) is 0. The Balaban J connectivity index is 0.000000771. The fraction of sp³-hybridized carbons (Fsp3) is 0.667. The zero-order valence-electron chi connectivity index (χ0n) is 13.1. The molecule has 18 heavy (non-hydrogen) atoms. The van der Waals surface area contributed by atoms with Gasteiger partial charge in [-0.2, -0.15) is 0 Å². The fourth-order valence-electron chi connectivity index (χ4n) is 3.65. The zero-order chi connectivity index (χ0) is 14.0. The highest BCUT2D eigenvalue weighted by molar-refractivity contribution is 5.39. The third-order valence-electron chi connectivity index (χ3n) is 5.19. The molecule has 0 saturated heterocycles. The molecule has 0 N–H and O–H groups in total. The second kappa shape index (κ2) is 5.47. The summed E-state index contributed by atoms with van der Waals surface area (Å²) in [5.41, 5.74) is 3.42. The van der Waals surface area contributed by atoms with Gasteiger partial charge in [0.05, 0.1) is 0 Å². The van der Waals surface area contributed by atoms with E-state index in [4.69, 9.17) is 0 Å². The standard InChI is InChI=1S/C16H24.C2H6/c1-6-15(4)10-7-11-16(5)13(3)12(2)8-9-14(15)16;1-2/h7-8,10,14H,3,6,9,11H2,1-2,4-5H3;1-2H3/t14?,15-,16?;/m1./s1. The summed E-state index contributed by atoms with van der Waals surface area (Å²) in [6.07, 6.45) is 10.8. The van der Waals surface area contributed by atoms with Crippen LogP contribution in [0.5, 0.6) is 0 Å². The van der Waals surface area contributed by atoms with Gasteiger partial charge in [-0.15, -0.1) is 0 Å². The van der Waals surface area contributed by atoms with Crippen LogP contribution in [0, 0.1) is 16.7 Å². The smallest absolute Gasteiger partial charge is 0.000483 e. The van der Waals surface area contributed by atoms with Crippen molar-refractivity contribution in [2.45, 2.75) is 60.8 Å². The van der Waals surface area contributed by atoms with Crippen molar-refractivity contribution in [3.05, 3.63) is 36.0 Å². The highest BCUT2D eigenvalue weighted by Crippen LogP contribution is 2.57. The van der Waals surface area contributed by atoms with Crippen LogP contribution in [0.25, 0.3) is 0 Å². The third-order valence-corrected chi connectivity index (χ3v) is 5.19. The van der Waals surface area contributed by atoms with Crippen LogP contribution in [0.1, 0.15) is 60.8 Å². The molecule has 2 unspecified atom stereocenters. The van der Waals surface area contributed by atoms with Crippen LogP contribution in [-0.2, 0) is 0 Å². The number of rotatable bonds is 1. The van der Waals surface area contributed by atoms with E-state index in [1.54, 1.807) is 0 Å². The van der Waals surface area contributed by atoms with Crippen LogP contribution < -0.4 is 0 Å². The van der Waals surface area contributed by atoms with Gasteiger partial charge in [0.25, 0.3) is 0 Å². The highest BCUT2D eigenvalue weighted by Gasteiger charge is 2.48. The first-order valence-electron chi connectivity index (χ1n) is 7.48. The summed E-state index contributed by atoms with van der Waals surface area (Å²) in [6.45, 7) is 17.7. The van der Waals surface area contributed by atoms with E-state index < -0.39 is 0 Å². The lowest BCUT2D eigenvalue weighted by atomic mass is 9.52. The Hall–Kier alpha value is -0.780. The van der Waals surface area contributed by atoms with Gasteiger partial charge in [0.15, 0.2) is 0 Å². The van der Waals surface area contributed by atoms with Gasteiger partial charge in [-0.1, -0.05) is 65.0 Å². The highest BCUT2D eigenvalue weighted by atomic mass is 14.5. The van der Waals surface area contributed by atoms with E-state index in [1.807, 2.05) is 13.8 Å². The molecular weight excluding hydrogens is 216 g/mol. The zero-order valence-corrected chi connectivity index (χ0v) is 13.1. The van der Waals surface area contributed by atoms with Gasteiger partial charge >= 0.3 is 0 Å². The van der Waals surface area contributed by atoms with Crippen molar-refractivity contribution in [3.8, 4) is 0 Å². The lowest BCUT2D eigenvalue weighted by Gasteiger charge is -2.52. The second-order valence-electron chi connectivity index (χ2n) is 6.04. The summed E-state index contributed by atoms with van der Waals surface area (Å²) in [4.78, 5) is 0. The van der Waals surface area contributed by atoms with Crippen molar-refractivity contribution in [2.75, 3.05) is 0 Å². The van der Waals surface area contributed by atoms with Crippen molar-refractivity contribution in [1.82, 2.24) is 0 Å². The number of hydrogen-bond donors (Lipinski definition) is 0. The SMILES string of the molecule is C=C1C(C)=CCC2C1(C)CC=C[C@@]2(C)CC.CC. The molecule has 0 spiro atoms. The van der Waals surface area contributed by atoms with E-state index in [2.05, 4.69) is 52.5 Å². The Bertz CT molecular complexity index is 371. The number of fused-ring (bicyclic) bond motifs is 1. The first-order valence-corrected chi connectivity index (χ1v) is 7.48. The molecule has 0 heterocycles. The van der Waals surface area contributed by atoms with Crippen LogP contribution in [0.3, 0.4) is 0 Å². The largest absolute Gasteiger partial charge is 0.0950 e. The monoisotopic (exact) mass is 246 g/mol. The summed E-state index contributed by atoms with van der Waals surface area (Å²) in [7, 11) is 0. The molecule has 0 aromatic heterocycles. The van der Waals surface area contributed by atoms with E-state index in [-0.39, 0.29) is 0 Å². The molecular formula is C18H30. The molecule has 0 nitrogen and oxygen atoms in total. The predicted octanol–water partition coefficient (Wildman–Crippen LogP) is 5.92. The first-order chi connectivity index (χ1) is 8.44. The molecule has 0 bridgehead atoms. The molecule has 2 aliphatic rings. The maximum absolute atomic E-state index is 4.35. The average molecular weight is 246 g/mol. The lowest BCUT2D eigenvalue weighted by molar-refractivity contribution is 0.0930. The molecule has 0 radical (unpaired) electrons. The van der Waals surface area contributed by atoms with Gasteiger partial charge in [-0.05, 0) is 48.5 Å². The quantitative estimate of drug-likeness (QED) is 0.504. The van der Waals surface area contributed by atoms with Gasteiger partial charge in [-0.25, -0.2) is 0 Å². The van der Waals surface area contributed by atoms with E-state index in [9.17, 15) is 0 Å². The van der Waals surface area contributed by atoms with Crippen LogP contribution in [0.2, 0.25) is 0 Å². The van der Waals surface area contributed by atoms with Crippen molar-refractivity contribution in [2.24, 2.45) is 16.7 Å². The molecule has 0 heteroatoms. The van der Waals surface area contributed by atoms with E-state index in [1.165, 1.54) is 24.0 Å². The van der Waals surface area contributed by atoms with E-state index in [0.29, 0.717) is 10.8 Å². The van der Waals surface area contributed by atoms with Crippen LogP contribution in [-0.4, -0.2) is 0 Å². The van der Waals surface area contributed by atoms with Crippen molar-refractivity contribution >= 4 is 0 Å². The third kappa shape index (κ3) is 2.22. The van der Waals surface area contributed by atoms with Crippen LogP contribution in [0.15, 0.2) is 36.0 Å². The minimum Gasteiger partial charge on any atom is -0.0950 e. The van der Waals surface area contributed by atoms with Crippen molar-refractivity contribution in [1.29, 1.82) is 0 Å². The Kier molecular flexibility index (Phi) is 4.64. The maximum atomic E-state index is 4.35. The Morgan fingerprint density at radius 3 is 2.50 bits per heavy atom. The minimum atomic E-state index is 0.290. The number of allylic oxidation sites excluding steroid dienone is 5. The predicted molar refractivity (Wildman–Crippen MR) is 82.6 cm³/mol. The van der Waals surface area contributed by atoms with Gasteiger partial charge in [0, 0.05) is 0 Å². The van der Waals surface area contributed by atoms with Gasteiger partial charge in [0.2, 0.25) is 0 Å². The average Bonchev–Trinajstić information content (AvgIpc) is 2.38. The first kappa shape index (κ1) is 15.3. The molecule has 0 aromatic carbocycles. The number of hydrogen-bond acceptors (Lipinski definition) is 0. The lowest BCUT2D eigenvalue weighted by Crippen LogP contribution is -2.43. The molecule has 2 aliphatic carbocycles. The second-order valence-corrected chi connectivity index (χ2v) is 6.04. The molecule has 2 rings (SSSR count). The Morgan fingerprint density at radius 2 is 1.94 bits per heavy atom. The summed E-state index contributed by atoms with van der Waals surface area (Å²) in [5.74, 6) is 0.728. The van der Waals surface area contributed by atoms with Crippen LogP contribution >= 0.6 is 0 Å². The minimum absolute atomic E-state index is 0.290. The van der Waals surface area contributed by atoms with Gasteiger partial charge in [0.1, 0.15) is 0 Å². The summed E-state index contributed by atoms with van der Waals surface area (Å²) in [5, 5.41) is 0. The maximum Gasteiger partial charge on any atom is -0.000483 e. The Morgan fingerprint density at radius 1 is 1.33 bits per heavy atom. The van der Waals surface area contributed by atoms with Crippen LogP contribution in [0.4, 0.5) is 0 Å². The van der Waals surface area contributed by atoms with Gasteiger partial charge < -0.3 is 0 Å². The summed E-state index contributed by atoms with van der Waals surface area (Å²) < 4.78 is 0. The Labute approximate surface area is 114 Å². The van der Waals surface area contributed by atoms with E-state index in [0.717, 1.165) is 12.3 Å². The van der Waals surface area contributed by atoms with Crippen molar-refractivity contribution in [3.63, 3.8) is 0 Å². The van der Waals surface area contributed by atoms with Gasteiger partial charge in [-0.3, -0.25) is 0 Å². The fourth-order valence-corrected chi connectivity index (χ4v) is 3.65. The molecule has 0 aliphatic heterocycles. The molecule has 3 atom stereocenters. The van der Waals surface area contributed by atoms with Crippen molar-refractivity contribution < 1.29 is 0 Å². The summed E-state index contributed by atoms with van der Waals surface area (Å²) >= 11 is 0. The molecule has 0 saturated carbocycles. The molecule has 0 amide bonds.